The van der Waals surface area contributed by atoms with Crippen LogP contribution in [0, 0.1) is 6.92 Å². The van der Waals surface area contributed by atoms with Crippen LogP contribution < -0.4 is 5.32 Å². The van der Waals surface area contributed by atoms with Gasteiger partial charge in [-0.3, -0.25) is 0 Å². The number of aliphatic hydroxyl groups excluding tert-OH is 1. The fraction of sp³-hybridized carbons (Fsp3) is 0.636. The van der Waals surface area contributed by atoms with Crippen molar-refractivity contribution < 1.29 is 5.11 Å². The van der Waals surface area contributed by atoms with E-state index in [-0.39, 0.29) is 6.10 Å². The third kappa shape index (κ3) is 5.44. The van der Waals surface area contributed by atoms with Gasteiger partial charge < -0.3 is 10.4 Å². The molecule has 1 rings (SSSR count). The van der Waals surface area contributed by atoms with Crippen molar-refractivity contribution in [3.8, 4) is 0 Å². The fourth-order valence-electron chi connectivity index (χ4n) is 1.06. The van der Waals surface area contributed by atoms with Crippen LogP contribution >= 0.6 is 11.8 Å². The molecule has 1 unspecified atom stereocenters. The first-order chi connectivity index (χ1) is 7.58. The highest BCUT2D eigenvalue weighted by molar-refractivity contribution is 7.99. The van der Waals surface area contributed by atoms with E-state index in [1.54, 1.807) is 12.4 Å². The monoisotopic (exact) mass is 241 g/mol. The van der Waals surface area contributed by atoms with Crippen molar-refractivity contribution in [2.45, 2.75) is 38.1 Å². The van der Waals surface area contributed by atoms with Crippen LogP contribution in [0.5, 0.6) is 0 Å². The Morgan fingerprint density at radius 2 is 2.00 bits per heavy atom. The molecule has 1 aromatic heterocycles. The van der Waals surface area contributed by atoms with E-state index >= 15 is 0 Å². The first-order valence-corrected chi connectivity index (χ1v) is 6.39. The fourth-order valence-corrected chi connectivity index (χ4v) is 1.77. The predicted octanol–water partition coefficient (Wildman–Crippen LogP) is 1.24. The Kier molecular flexibility index (Phi) is 5.73. The average molecular weight is 241 g/mol. The molecule has 0 aromatic carbocycles. The maximum absolute atomic E-state index is 9.68. The quantitative estimate of drug-likeness (QED) is 0.579. The molecule has 1 heterocycles. The number of thioether (sulfide) groups is 1. The van der Waals surface area contributed by atoms with E-state index in [1.807, 2.05) is 6.92 Å². The SMILES string of the molecule is Cc1cnc(SCC(O)CNC(C)C)nc1. The summed E-state index contributed by atoms with van der Waals surface area (Å²) in [6.07, 6.45) is 3.21. The van der Waals surface area contributed by atoms with Crippen LogP contribution in [0.2, 0.25) is 0 Å². The lowest BCUT2D eigenvalue weighted by Gasteiger charge is -2.13. The second kappa shape index (κ2) is 6.83. The van der Waals surface area contributed by atoms with E-state index in [0.29, 0.717) is 23.5 Å². The molecule has 0 aliphatic rings. The standard InChI is InChI=1S/C11H19N3OS/c1-8(2)12-6-10(15)7-16-11-13-4-9(3)5-14-11/h4-5,8,10,12,15H,6-7H2,1-3H3. The largest absolute Gasteiger partial charge is 0.391 e. The zero-order valence-corrected chi connectivity index (χ0v) is 10.8. The highest BCUT2D eigenvalue weighted by Gasteiger charge is 2.06. The van der Waals surface area contributed by atoms with Gasteiger partial charge in [0.1, 0.15) is 0 Å². The number of aromatic nitrogens is 2. The van der Waals surface area contributed by atoms with Crippen LogP contribution in [0.4, 0.5) is 0 Å². The Morgan fingerprint density at radius 3 is 2.56 bits per heavy atom. The summed E-state index contributed by atoms with van der Waals surface area (Å²) in [5.41, 5.74) is 1.05. The van der Waals surface area contributed by atoms with Crippen LogP contribution in [0.1, 0.15) is 19.4 Å². The molecule has 0 bridgehead atoms. The van der Waals surface area contributed by atoms with Crippen LogP contribution in [0.3, 0.4) is 0 Å². The molecule has 0 aliphatic heterocycles. The van der Waals surface area contributed by atoms with Gasteiger partial charge in [-0.1, -0.05) is 25.6 Å². The molecule has 0 saturated heterocycles. The summed E-state index contributed by atoms with van der Waals surface area (Å²) in [5.74, 6) is 0.614. The second-order valence-corrected chi connectivity index (χ2v) is 5.06. The van der Waals surface area contributed by atoms with Crippen molar-refractivity contribution in [1.82, 2.24) is 15.3 Å². The van der Waals surface area contributed by atoms with Crippen molar-refractivity contribution in [3.05, 3.63) is 18.0 Å². The first-order valence-electron chi connectivity index (χ1n) is 5.41. The maximum atomic E-state index is 9.68. The van der Waals surface area contributed by atoms with Crippen LogP contribution in [0.25, 0.3) is 0 Å². The third-order valence-corrected chi connectivity index (χ3v) is 2.94. The lowest BCUT2D eigenvalue weighted by atomic mass is 10.3. The summed E-state index contributed by atoms with van der Waals surface area (Å²) in [4.78, 5) is 8.33. The third-order valence-electron chi connectivity index (χ3n) is 1.92. The van der Waals surface area contributed by atoms with E-state index in [9.17, 15) is 5.11 Å². The molecule has 1 aromatic rings. The smallest absolute Gasteiger partial charge is 0.187 e. The molecular weight excluding hydrogens is 222 g/mol. The van der Waals surface area contributed by atoms with Gasteiger partial charge in [0.2, 0.25) is 0 Å². The number of aliphatic hydroxyl groups is 1. The molecule has 0 radical (unpaired) electrons. The van der Waals surface area contributed by atoms with Crippen molar-refractivity contribution >= 4 is 11.8 Å². The zero-order valence-electron chi connectivity index (χ0n) is 9.97. The van der Waals surface area contributed by atoms with Gasteiger partial charge >= 0.3 is 0 Å². The number of rotatable bonds is 6. The predicted molar refractivity (Wildman–Crippen MR) is 66.6 cm³/mol. The minimum Gasteiger partial charge on any atom is -0.391 e. The van der Waals surface area contributed by atoms with Gasteiger partial charge in [-0.05, 0) is 12.5 Å². The Morgan fingerprint density at radius 1 is 1.38 bits per heavy atom. The average Bonchev–Trinajstić information content (AvgIpc) is 2.25. The van der Waals surface area contributed by atoms with Crippen molar-refractivity contribution in [2.24, 2.45) is 0 Å². The highest BCUT2D eigenvalue weighted by atomic mass is 32.2. The van der Waals surface area contributed by atoms with Gasteiger partial charge in [0.15, 0.2) is 5.16 Å². The van der Waals surface area contributed by atoms with Gasteiger partial charge in [0.25, 0.3) is 0 Å². The molecule has 4 nitrogen and oxygen atoms in total. The summed E-state index contributed by atoms with van der Waals surface area (Å²) < 4.78 is 0. The Hall–Kier alpha value is -0.650. The van der Waals surface area contributed by atoms with E-state index < -0.39 is 0 Å². The number of nitrogens with zero attached hydrogens (tertiary/aromatic N) is 2. The van der Waals surface area contributed by atoms with E-state index in [1.165, 1.54) is 11.8 Å². The molecule has 5 heteroatoms. The van der Waals surface area contributed by atoms with Crippen LogP contribution in [-0.2, 0) is 0 Å². The van der Waals surface area contributed by atoms with E-state index in [4.69, 9.17) is 0 Å². The molecule has 1 atom stereocenters. The second-order valence-electron chi connectivity index (χ2n) is 4.07. The normalized spacial score (nSPS) is 13.1. The van der Waals surface area contributed by atoms with Gasteiger partial charge in [0.05, 0.1) is 6.10 Å². The molecule has 0 amide bonds. The van der Waals surface area contributed by atoms with Crippen LogP contribution in [0.15, 0.2) is 17.6 Å². The molecule has 0 aliphatic carbocycles. The summed E-state index contributed by atoms with van der Waals surface area (Å²) in [7, 11) is 0. The molecule has 0 spiro atoms. The Labute approximate surface area is 101 Å². The highest BCUT2D eigenvalue weighted by Crippen LogP contribution is 2.12. The summed E-state index contributed by atoms with van der Waals surface area (Å²) >= 11 is 1.48. The molecular formula is C11H19N3OS. The van der Waals surface area contributed by atoms with Crippen molar-refractivity contribution in [3.63, 3.8) is 0 Å². The number of nitrogens with one attached hydrogen (secondary N) is 1. The summed E-state index contributed by atoms with van der Waals surface area (Å²) in [6.45, 7) is 6.68. The maximum Gasteiger partial charge on any atom is 0.187 e. The Bertz CT molecular complexity index is 303. The molecule has 0 fully saturated rings. The molecule has 2 N–H and O–H groups in total. The minimum atomic E-state index is -0.364. The Balaban J connectivity index is 2.26. The zero-order chi connectivity index (χ0) is 12.0. The van der Waals surface area contributed by atoms with Gasteiger partial charge in [0, 0.05) is 30.7 Å². The minimum absolute atomic E-state index is 0.364. The number of hydrogen-bond acceptors (Lipinski definition) is 5. The van der Waals surface area contributed by atoms with E-state index in [0.717, 1.165) is 5.56 Å². The van der Waals surface area contributed by atoms with Crippen LogP contribution in [-0.4, -0.2) is 39.5 Å². The number of hydrogen-bond donors (Lipinski definition) is 2. The van der Waals surface area contributed by atoms with Gasteiger partial charge in [-0.2, -0.15) is 0 Å². The lowest BCUT2D eigenvalue weighted by molar-refractivity contribution is 0.192. The van der Waals surface area contributed by atoms with E-state index in [2.05, 4.69) is 29.1 Å². The van der Waals surface area contributed by atoms with Crippen molar-refractivity contribution in [2.75, 3.05) is 12.3 Å². The molecule has 90 valence electrons. The van der Waals surface area contributed by atoms with Gasteiger partial charge in [-0.15, -0.1) is 0 Å². The van der Waals surface area contributed by atoms with Gasteiger partial charge in [-0.25, -0.2) is 9.97 Å². The summed E-state index contributed by atoms with van der Waals surface area (Å²) in [5, 5.41) is 13.6. The first kappa shape index (κ1) is 13.4. The number of aryl methyl sites for hydroxylation is 1. The topological polar surface area (TPSA) is 58.0 Å². The summed E-state index contributed by atoms with van der Waals surface area (Å²) in [6, 6.07) is 0.398. The van der Waals surface area contributed by atoms with Crippen molar-refractivity contribution in [1.29, 1.82) is 0 Å². The molecule has 0 saturated carbocycles. The lowest BCUT2D eigenvalue weighted by Crippen LogP contribution is -2.33. The molecule has 16 heavy (non-hydrogen) atoms.